The molecule has 116 valence electrons. The molecule has 0 aromatic carbocycles. The van der Waals surface area contributed by atoms with Crippen LogP contribution >= 0.6 is 0 Å². The van der Waals surface area contributed by atoms with Gasteiger partial charge >= 0.3 is 0 Å². The van der Waals surface area contributed by atoms with Gasteiger partial charge in [0.05, 0.1) is 19.5 Å². The molecular formula is C17H31NO2. The maximum absolute atomic E-state index is 5.30. The molecule has 3 heteroatoms. The number of hydrogen-bond acceptors (Lipinski definition) is 3. The molecule has 0 saturated carbocycles. The largest absolute Gasteiger partial charge is 0.501 e. The zero-order chi connectivity index (χ0) is 15.1. The van der Waals surface area contributed by atoms with Crippen molar-refractivity contribution in [3.05, 3.63) is 35.6 Å². The van der Waals surface area contributed by atoms with Crippen LogP contribution in [0.4, 0.5) is 0 Å². The molecule has 0 aromatic heterocycles. The third-order valence-electron chi connectivity index (χ3n) is 2.90. The number of ether oxygens (including phenoxy) is 2. The summed E-state index contributed by atoms with van der Waals surface area (Å²) < 4.78 is 10.5. The van der Waals surface area contributed by atoms with Crippen molar-refractivity contribution in [1.82, 2.24) is 5.32 Å². The van der Waals surface area contributed by atoms with Crippen LogP contribution in [0.1, 0.15) is 40.0 Å². The molecule has 0 aliphatic carbocycles. The van der Waals surface area contributed by atoms with Gasteiger partial charge in [-0.15, -0.1) is 0 Å². The fraction of sp³-hybridized carbons (Fsp3) is 0.647. The minimum absolute atomic E-state index is 0.776. The van der Waals surface area contributed by atoms with E-state index in [0.29, 0.717) is 0 Å². The highest BCUT2D eigenvalue weighted by Crippen LogP contribution is 2.07. The third-order valence-corrected chi connectivity index (χ3v) is 2.90. The highest BCUT2D eigenvalue weighted by atomic mass is 16.5. The van der Waals surface area contributed by atoms with E-state index in [9.17, 15) is 0 Å². The van der Waals surface area contributed by atoms with Crippen LogP contribution in [-0.2, 0) is 9.47 Å². The van der Waals surface area contributed by atoms with Gasteiger partial charge in [-0.3, -0.25) is 0 Å². The zero-order valence-corrected chi connectivity index (χ0v) is 13.6. The molecule has 0 rings (SSSR count). The lowest BCUT2D eigenvalue weighted by Gasteiger charge is -2.06. The van der Waals surface area contributed by atoms with Gasteiger partial charge in [0.2, 0.25) is 0 Å². The smallest absolute Gasteiger partial charge is 0.0915 e. The van der Waals surface area contributed by atoms with Gasteiger partial charge in [0.25, 0.3) is 0 Å². The van der Waals surface area contributed by atoms with Gasteiger partial charge in [-0.25, -0.2) is 0 Å². The molecule has 0 unspecified atom stereocenters. The summed E-state index contributed by atoms with van der Waals surface area (Å²) in [4.78, 5) is 0. The lowest BCUT2D eigenvalue weighted by Crippen LogP contribution is -2.21. The SMILES string of the molecule is C/C=C(\CC/C=C\C(=C/CC)CNCCOCC)OC. The lowest BCUT2D eigenvalue weighted by atomic mass is 10.1. The molecule has 0 saturated heterocycles. The van der Waals surface area contributed by atoms with Gasteiger partial charge < -0.3 is 14.8 Å². The molecule has 0 atom stereocenters. The van der Waals surface area contributed by atoms with E-state index in [4.69, 9.17) is 9.47 Å². The molecule has 20 heavy (non-hydrogen) atoms. The summed E-state index contributed by atoms with van der Waals surface area (Å²) in [6, 6.07) is 0. The zero-order valence-electron chi connectivity index (χ0n) is 13.6. The second-order valence-electron chi connectivity index (χ2n) is 4.46. The predicted octanol–water partition coefficient (Wildman–Crippen LogP) is 3.84. The van der Waals surface area contributed by atoms with Crippen LogP contribution in [0.2, 0.25) is 0 Å². The first-order valence-electron chi connectivity index (χ1n) is 7.61. The maximum atomic E-state index is 5.30. The fourth-order valence-electron chi connectivity index (χ4n) is 1.81. The molecule has 0 heterocycles. The second kappa shape index (κ2) is 14.4. The second-order valence-corrected chi connectivity index (χ2v) is 4.46. The van der Waals surface area contributed by atoms with Crippen molar-refractivity contribution in [3.8, 4) is 0 Å². The summed E-state index contributed by atoms with van der Waals surface area (Å²) >= 11 is 0. The normalized spacial score (nSPS) is 13.2. The molecule has 0 aliphatic heterocycles. The summed E-state index contributed by atoms with van der Waals surface area (Å²) in [5, 5.41) is 3.40. The van der Waals surface area contributed by atoms with E-state index in [-0.39, 0.29) is 0 Å². The Labute approximate surface area is 124 Å². The number of allylic oxidation sites excluding steroid dienone is 4. The van der Waals surface area contributed by atoms with Crippen LogP contribution in [-0.4, -0.2) is 33.4 Å². The fourth-order valence-corrected chi connectivity index (χ4v) is 1.81. The van der Waals surface area contributed by atoms with Crippen molar-refractivity contribution in [2.75, 3.05) is 33.4 Å². The predicted molar refractivity (Wildman–Crippen MR) is 86.9 cm³/mol. The molecule has 0 fully saturated rings. The van der Waals surface area contributed by atoms with E-state index < -0.39 is 0 Å². The van der Waals surface area contributed by atoms with Gasteiger partial charge in [0.1, 0.15) is 0 Å². The van der Waals surface area contributed by atoms with E-state index in [2.05, 4.69) is 30.5 Å². The topological polar surface area (TPSA) is 30.5 Å². The van der Waals surface area contributed by atoms with Gasteiger partial charge in [-0.05, 0) is 38.3 Å². The van der Waals surface area contributed by atoms with Gasteiger partial charge in [-0.2, -0.15) is 0 Å². The maximum Gasteiger partial charge on any atom is 0.0915 e. The Morgan fingerprint density at radius 3 is 2.65 bits per heavy atom. The summed E-state index contributed by atoms with van der Waals surface area (Å²) in [6.45, 7) is 9.55. The van der Waals surface area contributed by atoms with E-state index in [1.807, 2.05) is 19.9 Å². The number of nitrogens with one attached hydrogen (secondary N) is 1. The molecular weight excluding hydrogens is 250 g/mol. The first kappa shape index (κ1) is 18.9. The Kier molecular flexibility index (Phi) is 13.6. The van der Waals surface area contributed by atoms with Crippen LogP contribution in [0.5, 0.6) is 0 Å². The summed E-state index contributed by atoms with van der Waals surface area (Å²) in [5.41, 5.74) is 1.34. The molecule has 0 bridgehead atoms. The Bertz CT molecular complexity index is 306. The highest BCUT2D eigenvalue weighted by molar-refractivity contribution is 5.20. The lowest BCUT2D eigenvalue weighted by molar-refractivity contribution is 0.150. The molecule has 0 aliphatic rings. The van der Waals surface area contributed by atoms with Crippen LogP contribution in [0.25, 0.3) is 0 Å². The van der Waals surface area contributed by atoms with Gasteiger partial charge in [0, 0.05) is 26.1 Å². The van der Waals surface area contributed by atoms with E-state index in [1.54, 1.807) is 7.11 Å². The number of rotatable bonds is 12. The quantitative estimate of drug-likeness (QED) is 0.335. The molecule has 1 N–H and O–H groups in total. The van der Waals surface area contributed by atoms with Crippen molar-refractivity contribution >= 4 is 0 Å². The van der Waals surface area contributed by atoms with Crippen molar-refractivity contribution < 1.29 is 9.47 Å². The van der Waals surface area contributed by atoms with E-state index >= 15 is 0 Å². The molecule has 0 amide bonds. The summed E-state index contributed by atoms with van der Waals surface area (Å²) in [7, 11) is 1.73. The molecule has 3 nitrogen and oxygen atoms in total. The van der Waals surface area contributed by atoms with Crippen LogP contribution in [0.3, 0.4) is 0 Å². The Morgan fingerprint density at radius 2 is 2.05 bits per heavy atom. The first-order chi connectivity index (χ1) is 9.78. The number of hydrogen-bond donors (Lipinski definition) is 1. The van der Waals surface area contributed by atoms with Crippen molar-refractivity contribution in [2.45, 2.75) is 40.0 Å². The van der Waals surface area contributed by atoms with Crippen molar-refractivity contribution in [3.63, 3.8) is 0 Å². The Hall–Kier alpha value is -1.06. The van der Waals surface area contributed by atoms with Crippen LogP contribution in [0, 0.1) is 0 Å². The third kappa shape index (κ3) is 10.8. The van der Waals surface area contributed by atoms with Crippen molar-refractivity contribution in [1.29, 1.82) is 0 Å². The Balaban J connectivity index is 3.98. The monoisotopic (exact) mass is 281 g/mol. The summed E-state index contributed by atoms with van der Waals surface area (Å²) in [5.74, 6) is 1.05. The minimum atomic E-state index is 0.776. The van der Waals surface area contributed by atoms with Gasteiger partial charge in [0.15, 0.2) is 0 Å². The van der Waals surface area contributed by atoms with E-state index in [0.717, 1.165) is 51.3 Å². The van der Waals surface area contributed by atoms with Gasteiger partial charge in [-0.1, -0.05) is 25.2 Å². The minimum Gasteiger partial charge on any atom is -0.501 e. The molecule has 0 spiro atoms. The highest BCUT2D eigenvalue weighted by Gasteiger charge is 1.94. The number of methoxy groups -OCH3 is 1. The average Bonchev–Trinajstić information content (AvgIpc) is 2.47. The first-order valence-corrected chi connectivity index (χ1v) is 7.61. The Morgan fingerprint density at radius 1 is 1.25 bits per heavy atom. The van der Waals surface area contributed by atoms with Crippen LogP contribution in [0.15, 0.2) is 35.6 Å². The molecule has 0 aromatic rings. The van der Waals surface area contributed by atoms with E-state index in [1.165, 1.54) is 5.57 Å². The molecule has 0 radical (unpaired) electrons. The standard InChI is InChI=1S/C17H31NO2/c1-5-10-16(15-18-13-14-20-7-3)11-8-9-12-17(6-2)19-4/h6,8,10-11,18H,5,7,9,12-15H2,1-4H3/b11-8-,16-10+,17-6+. The van der Waals surface area contributed by atoms with Crippen LogP contribution < -0.4 is 5.32 Å². The van der Waals surface area contributed by atoms with Crippen molar-refractivity contribution in [2.24, 2.45) is 0 Å². The average molecular weight is 281 g/mol. The summed E-state index contributed by atoms with van der Waals surface area (Å²) in [6.07, 6.45) is 11.7.